The van der Waals surface area contributed by atoms with Crippen molar-refractivity contribution in [1.82, 2.24) is 10.6 Å². The average molecular weight is 244 g/mol. The fraction of sp³-hybridized carbons (Fsp3) is 0.727. The third kappa shape index (κ3) is 5.89. The lowest BCUT2D eigenvalue weighted by molar-refractivity contribution is -0.144. The summed E-state index contributed by atoms with van der Waals surface area (Å²) in [7, 11) is 1.25. The van der Waals surface area contributed by atoms with Gasteiger partial charge in [-0.15, -0.1) is 0 Å². The van der Waals surface area contributed by atoms with E-state index in [0.29, 0.717) is 12.8 Å². The lowest BCUT2D eigenvalue weighted by Crippen LogP contribution is -2.49. The van der Waals surface area contributed by atoms with Gasteiger partial charge in [0.25, 0.3) is 0 Å². The van der Waals surface area contributed by atoms with E-state index in [2.05, 4.69) is 15.4 Å². The molecule has 98 valence electrons. The van der Waals surface area contributed by atoms with Gasteiger partial charge in [-0.05, 0) is 19.3 Å². The van der Waals surface area contributed by atoms with Gasteiger partial charge in [-0.25, -0.2) is 4.79 Å². The van der Waals surface area contributed by atoms with Gasteiger partial charge >= 0.3 is 5.97 Å². The molecular formula is C11H20N2O4. The molecule has 0 saturated carbocycles. The summed E-state index contributed by atoms with van der Waals surface area (Å²) < 4.78 is 4.49. The molecule has 0 saturated heterocycles. The van der Waals surface area contributed by atoms with Crippen molar-refractivity contribution in [2.24, 2.45) is 5.92 Å². The number of ether oxygens (including phenoxy) is 1. The largest absolute Gasteiger partial charge is 0.467 e. The number of methoxy groups -OCH3 is 1. The predicted molar refractivity (Wildman–Crippen MR) is 62.1 cm³/mol. The van der Waals surface area contributed by atoms with Gasteiger partial charge in [0.1, 0.15) is 12.1 Å². The molecule has 0 aliphatic carbocycles. The molecule has 2 atom stereocenters. The van der Waals surface area contributed by atoms with E-state index in [9.17, 15) is 14.4 Å². The Labute approximate surface area is 101 Å². The first-order chi connectivity index (χ1) is 7.92. The second-order valence-electron chi connectivity index (χ2n) is 4.22. The third-order valence-electron chi connectivity index (χ3n) is 2.21. The topological polar surface area (TPSA) is 84.5 Å². The van der Waals surface area contributed by atoms with Crippen molar-refractivity contribution in [2.45, 2.75) is 39.3 Å². The third-order valence-corrected chi connectivity index (χ3v) is 2.21. The van der Waals surface area contributed by atoms with Gasteiger partial charge in [-0.3, -0.25) is 9.59 Å². The summed E-state index contributed by atoms with van der Waals surface area (Å²) >= 11 is 0. The molecule has 0 bridgehead atoms. The highest BCUT2D eigenvalue weighted by Gasteiger charge is 2.23. The second kappa shape index (κ2) is 7.65. The Balaban J connectivity index is 4.40. The first kappa shape index (κ1) is 15.4. The van der Waals surface area contributed by atoms with Crippen molar-refractivity contribution in [3.8, 4) is 0 Å². The van der Waals surface area contributed by atoms with E-state index in [0.717, 1.165) is 0 Å². The SMILES string of the molecule is COC(=O)[C@H](C)NC(=O)[C@H](CC(C)C)NC=O. The predicted octanol–water partition coefficient (Wildman–Crippen LogP) is -0.175. The Hall–Kier alpha value is -1.59. The molecule has 0 heterocycles. The molecule has 0 aromatic heterocycles. The molecule has 2 amide bonds. The summed E-state index contributed by atoms with van der Waals surface area (Å²) in [5.41, 5.74) is 0. The minimum absolute atomic E-state index is 0.256. The van der Waals surface area contributed by atoms with Crippen LogP contribution in [0.15, 0.2) is 0 Å². The van der Waals surface area contributed by atoms with Crippen LogP contribution in [-0.2, 0) is 19.1 Å². The summed E-state index contributed by atoms with van der Waals surface area (Å²) in [6.45, 7) is 5.41. The molecule has 0 aliphatic rings. The highest BCUT2D eigenvalue weighted by atomic mass is 16.5. The zero-order valence-corrected chi connectivity index (χ0v) is 10.6. The summed E-state index contributed by atoms with van der Waals surface area (Å²) in [6.07, 6.45) is 0.994. The molecule has 0 rings (SSSR count). The second-order valence-corrected chi connectivity index (χ2v) is 4.22. The summed E-state index contributed by atoms with van der Waals surface area (Å²) in [6, 6.07) is -1.35. The van der Waals surface area contributed by atoms with Crippen molar-refractivity contribution < 1.29 is 19.1 Å². The van der Waals surface area contributed by atoms with Crippen LogP contribution in [0.5, 0.6) is 0 Å². The number of carbonyl (C=O) groups is 3. The standard InChI is InChI=1S/C11H20N2O4/c1-7(2)5-9(12-6-14)10(15)13-8(3)11(16)17-4/h6-9H,5H2,1-4H3,(H,12,14)(H,13,15)/t8-,9-/m0/s1. The molecule has 0 aliphatic heterocycles. The van der Waals surface area contributed by atoms with Gasteiger partial charge in [0.15, 0.2) is 0 Å². The summed E-state index contributed by atoms with van der Waals surface area (Å²) in [5, 5.41) is 4.92. The molecule has 6 heteroatoms. The number of hydrogen-bond donors (Lipinski definition) is 2. The average Bonchev–Trinajstić information content (AvgIpc) is 2.26. The van der Waals surface area contributed by atoms with E-state index in [-0.39, 0.29) is 11.8 Å². The monoisotopic (exact) mass is 244 g/mol. The van der Waals surface area contributed by atoms with Gasteiger partial charge in [0.05, 0.1) is 7.11 Å². The van der Waals surface area contributed by atoms with Crippen molar-refractivity contribution in [2.75, 3.05) is 7.11 Å². The van der Waals surface area contributed by atoms with Crippen molar-refractivity contribution in [1.29, 1.82) is 0 Å². The Bertz CT molecular complexity index is 279. The smallest absolute Gasteiger partial charge is 0.328 e. The van der Waals surface area contributed by atoms with E-state index in [1.807, 2.05) is 13.8 Å². The number of hydrogen-bond acceptors (Lipinski definition) is 4. The molecule has 0 fully saturated rings. The number of carbonyl (C=O) groups excluding carboxylic acids is 3. The number of amides is 2. The van der Waals surface area contributed by atoms with E-state index in [1.165, 1.54) is 14.0 Å². The number of nitrogens with one attached hydrogen (secondary N) is 2. The molecule has 0 unspecified atom stereocenters. The lowest BCUT2D eigenvalue weighted by Gasteiger charge is -2.19. The number of rotatable bonds is 7. The van der Waals surface area contributed by atoms with Gasteiger partial charge < -0.3 is 15.4 Å². The van der Waals surface area contributed by atoms with Gasteiger partial charge in [0, 0.05) is 0 Å². The quantitative estimate of drug-likeness (QED) is 0.481. The van der Waals surface area contributed by atoms with E-state index in [4.69, 9.17) is 0 Å². The van der Waals surface area contributed by atoms with Crippen molar-refractivity contribution >= 4 is 18.3 Å². The Morgan fingerprint density at radius 2 is 1.88 bits per heavy atom. The Morgan fingerprint density at radius 3 is 2.29 bits per heavy atom. The maximum atomic E-state index is 11.8. The molecule has 0 spiro atoms. The molecular weight excluding hydrogens is 224 g/mol. The molecule has 2 N–H and O–H groups in total. The van der Waals surface area contributed by atoms with Crippen LogP contribution in [0.1, 0.15) is 27.2 Å². The zero-order chi connectivity index (χ0) is 13.4. The van der Waals surface area contributed by atoms with Crippen LogP contribution in [0.2, 0.25) is 0 Å². The van der Waals surface area contributed by atoms with Crippen LogP contribution in [0, 0.1) is 5.92 Å². The van der Waals surface area contributed by atoms with Crippen LogP contribution in [0.25, 0.3) is 0 Å². The van der Waals surface area contributed by atoms with Crippen LogP contribution in [-0.4, -0.2) is 37.5 Å². The highest BCUT2D eigenvalue weighted by Crippen LogP contribution is 2.04. The van der Waals surface area contributed by atoms with Crippen LogP contribution >= 0.6 is 0 Å². The van der Waals surface area contributed by atoms with Gasteiger partial charge in [0.2, 0.25) is 12.3 Å². The van der Waals surface area contributed by atoms with Crippen molar-refractivity contribution in [3.05, 3.63) is 0 Å². The summed E-state index contributed by atoms with van der Waals surface area (Å²) in [4.78, 5) is 33.3. The first-order valence-corrected chi connectivity index (χ1v) is 5.50. The van der Waals surface area contributed by atoms with Crippen LogP contribution in [0.4, 0.5) is 0 Å². The minimum Gasteiger partial charge on any atom is -0.467 e. The van der Waals surface area contributed by atoms with Gasteiger partial charge in [-0.1, -0.05) is 13.8 Å². The molecule has 6 nitrogen and oxygen atoms in total. The molecule has 17 heavy (non-hydrogen) atoms. The molecule has 0 aromatic rings. The van der Waals surface area contributed by atoms with E-state index < -0.39 is 18.1 Å². The van der Waals surface area contributed by atoms with Gasteiger partial charge in [-0.2, -0.15) is 0 Å². The fourth-order valence-corrected chi connectivity index (χ4v) is 1.35. The minimum atomic E-state index is -0.726. The van der Waals surface area contributed by atoms with Crippen LogP contribution in [0.3, 0.4) is 0 Å². The van der Waals surface area contributed by atoms with Crippen LogP contribution < -0.4 is 10.6 Å². The summed E-state index contributed by atoms with van der Waals surface area (Å²) in [5.74, 6) is -0.650. The number of esters is 1. The maximum Gasteiger partial charge on any atom is 0.328 e. The van der Waals surface area contributed by atoms with E-state index in [1.54, 1.807) is 0 Å². The lowest BCUT2D eigenvalue weighted by atomic mass is 10.0. The maximum absolute atomic E-state index is 11.8. The fourth-order valence-electron chi connectivity index (χ4n) is 1.35. The zero-order valence-electron chi connectivity index (χ0n) is 10.6. The highest BCUT2D eigenvalue weighted by molar-refractivity contribution is 5.88. The first-order valence-electron chi connectivity index (χ1n) is 5.50. The Morgan fingerprint density at radius 1 is 1.29 bits per heavy atom. The molecule has 0 aromatic carbocycles. The molecule has 0 radical (unpaired) electrons. The Kier molecular flexibility index (Phi) is 6.93. The van der Waals surface area contributed by atoms with Crippen molar-refractivity contribution in [3.63, 3.8) is 0 Å². The van der Waals surface area contributed by atoms with E-state index >= 15 is 0 Å². The normalized spacial score (nSPS) is 13.7.